The molecule has 4 aromatic carbocycles. The van der Waals surface area contributed by atoms with Gasteiger partial charge in [0.1, 0.15) is 6.04 Å². The van der Waals surface area contributed by atoms with Crippen molar-refractivity contribution < 1.29 is 24.4 Å². The van der Waals surface area contributed by atoms with Gasteiger partial charge in [0.2, 0.25) is 11.8 Å². The molecule has 3 saturated heterocycles. The van der Waals surface area contributed by atoms with Crippen LogP contribution in [0.2, 0.25) is 0 Å². The Kier molecular flexibility index (Phi) is 11.1. The summed E-state index contributed by atoms with van der Waals surface area (Å²) in [6.45, 7) is 9.63. The molecule has 1 unspecified atom stereocenters. The number of carbonyl (C=O) groups is 3. The number of anilines is 2. The maximum absolute atomic E-state index is 13.2. The molecule has 3 N–H and O–H groups in total. The zero-order valence-electron chi connectivity index (χ0n) is 32.1. The first-order valence-electron chi connectivity index (χ1n) is 20.1. The molecular weight excluding hydrogens is 701 g/mol. The van der Waals surface area contributed by atoms with Gasteiger partial charge in [0.05, 0.1) is 0 Å². The lowest BCUT2D eigenvalue weighted by molar-refractivity contribution is -0.136. The van der Waals surface area contributed by atoms with Gasteiger partial charge in [0.25, 0.3) is 5.91 Å². The van der Waals surface area contributed by atoms with E-state index in [2.05, 4.69) is 81.5 Å². The zero-order chi connectivity index (χ0) is 38.8. The largest absolute Gasteiger partial charge is 0.488 e. The third-order valence-electron chi connectivity index (χ3n) is 12.2. The van der Waals surface area contributed by atoms with Gasteiger partial charge in [-0.1, -0.05) is 73.7 Å². The Labute approximate surface area is 329 Å². The van der Waals surface area contributed by atoms with E-state index in [0.29, 0.717) is 29.9 Å². The summed E-state index contributed by atoms with van der Waals surface area (Å²) in [4.78, 5) is 46.4. The van der Waals surface area contributed by atoms with E-state index in [9.17, 15) is 24.4 Å². The summed E-state index contributed by atoms with van der Waals surface area (Å²) in [6.07, 6.45) is 3.81. The number of carbonyl (C=O) groups excluding carboxylic acids is 3. The minimum atomic E-state index is -1.50. The molecule has 10 nitrogen and oxygen atoms in total. The number of nitrogens with zero attached hydrogens (tertiary/aromatic N) is 4. The minimum Gasteiger partial charge on any atom is -0.423 e. The second-order valence-corrected chi connectivity index (χ2v) is 15.6. The molecule has 56 heavy (non-hydrogen) atoms. The predicted octanol–water partition coefficient (Wildman–Crippen LogP) is 4.54. The average Bonchev–Trinajstić information content (AvgIpc) is 3.55. The van der Waals surface area contributed by atoms with Crippen LogP contribution in [-0.4, -0.2) is 96.5 Å². The quantitative estimate of drug-likeness (QED) is 0.123. The Hall–Kier alpha value is -5.23. The average molecular weight is 752 g/mol. The van der Waals surface area contributed by atoms with Crippen LogP contribution in [0.5, 0.6) is 0 Å². The second-order valence-electron chi connectivity index (χ2n) is 15.6. The maximum atomic E-state index is 13.2. The number of hydrogen-bond donors (Lipinski definition) is 3. The molecule has 3 amide bonds. The number of piperazine rings is 1. The van der Waals surface area contributed by atoms with Crippen LogP contribution in [0.25, 0.3) is 11.1 Å². The van der Waals surface area contributed by atoms with Crippen LogP contribution < -0.4 is 20.6 Å². The fraction of sp³-hybridized carbons (Fsp3) is 0.356. The highest BCUT2D eigenvalue weighted by Gasteiger charge is 2.39. The fourth-order valence-corrected chi connectivity index (χ4v) is 9.03. The van der Waals surface area contributed by atoms with Crippen LogP contribution in [0.1, 0.15) is 71.6 Å². The highest BCUT2D eigenvalue weighted by molar-refractivity contribution is 6.58. The Morgan fingerprint density at radius 1 is 0.732 bits per heavy atom. The van der Waals surface area contributed by atoms with Gasteiger partial charge in [0, 0.05) is 75.7 Å². The van der Waals surface area contributed by atoms with Crippen LogP contribution in [0.15, 0.2) is 97.1 Å². The van der Waals surface area contributed by atoms with E-state index in [1.807, 2.05) is 30.3 Å². The Morgan fingerprint density at radius 3 is 2.02 bits per heavy atom. The van der Waals surface area contributed by atoms with Gasteiger partial charge in [-0.05, 0) is 101 Å². The van der Waals surface area contributed by atoms with E-state index >= 15 is 0 Å². The van der Waals surface area contributed by atoms with Crippen LogP contribution in [0.3, 0.4) is 0 Å². The van der Waals surface area contributed by atoms with Gasteiger partial charge in [-0.25, -0.2) is 0 Å². The van der Waals surface area contributed by atoms with Gasteiger partial charge < -0.3 is 24.7 Å². The number of fused-ring (bicyclic) bond motifs is 1. The molecule has 4 aliphatic heterocycles. The Balaban J connectivity index is 0.857. The normalized spacial score (nSPS) is 19.9. The van der Waals surface area contributed by atoms with Crippen molar-refractivity contribution in [1.82, 2.24) is 15.1 Å². The number of nitrogens with one attached hydrogen (secondary N) is 1. The van der Waals surface area contributed by atoms with Gasteiger partial charge in [-0.2, -0.15) is 0 Å². The van der Waals surface area contributed by atoms with E-state index in [1.54, 1.807) is 17.0 Å². The van der Waals surface area contributed by atoms with Crippen molar-refractivity contribution in [3.05, 3.63) is 125 Å². The topological polar surface area (TPSA) is 117 Å². The molecule has 0 aromatic heterocycles. The molecule has 0 bridgehead atoms. The molecule has 3 fully saturated rings. The minimum absolute atomic E-state index is 0.131. The monoisotopic (exact) mass is 751 g/mol. The first kappa shape index (κ1) is 37.7. The molecule has 0 aliphatic carbocycles. The van der Waals surface area contributed by atoms with Crippen LogP contribution in [0, 0.1) is 5.92 Å². The van der Waals surface area contributed by atoms with E-state index in [4.69, 9.17) is 0 Å². The van der Waals surface area contributed by atoms with Crippen LogP contribution in [0.4, 0.5) is 11.4 Å². The van der Waals surface area contributed by atoms with Gasteiger partial charge in [-0.3, -0.25) is 24.6 Å². The number of imide groups is 1. The lowest BCUT2D eigenvalue weighted by Crippen LogP contribution is -2.52. The summed E-state index contributed by atoms with van der Waals surface area (Å²) in [5, 5.41) is 21.8. The summed E-state index contributed by atoms with van der Waals surface area (Å²) < 4.78 is 0. The number of hydrogen-bond acceptors (Lipinski definition) is 8. The molecule has 4 aromatic rings. The summed E-state index contributed by atoms with van der Waals surface area (Å²) in [7, 11) is -1.50. The SMILES string of the molecule is CC/C(=C(\c1ccc(B(O)O)cc1)c1ccc(N2CCC(CN3CCN(c4ccc5c(c4)CN(C4CCC(=O)NC4=O)C5=O)CC3)CC2)cc1)c1ccccc1. The molecule has 4 aliphatic rings. The summed E-state index contributed by atoms with van der Waals surface area (Å²) in [6, 6.07) is 32.5. The number of benzene rings is 4. The first-order chi connectivity index (χ1) is 27.2. The smallest absolute Gasteiger partial charge is 0.423 e. The number of rotatable bonds is 10. The highest BCUT2D eigenvalue weighted by atomic mass is 16.4. The van der Waals surface area contributed by atoms with Crippen molar-refractivity contribution >= 4 is 52.8 Å². The number of piperidine rings is 2. The molecule has 0 saturated carbocycles. The lowest BCUT2D eigenvalue weighted by Gasteiger charge is -2.40. The number of amides is 3. The molecule has 288 valence electrons. The first-order valence-corrected chi connectivity index (χ1v) is 20.1. The van der Waals surface area contributed by atoms with E-state index < -0.39 is 13.2 Å². The van der Waals surface area contributed by atoms with Crippen molar-refractivity contribution in [2.75, 3.05) is 55.6 Å². The van der Waals surface area contributed by atoms with Crippen LogP contribution >= 0.6 is 0 Å². The van der Waals surface area contributed by atoms with Crippen LogP contribution in [-0.2, 0) is 16.1 Å². The van der Waals surface area contributed by atoms with E-state index in [-0.39, 0.29) is 24.1 Å². The molecule has 11 heteroatoms. The lowest BCUT2D eigenvalue weighted by atomic mass is 9.79. The third-order valence-corrected chi connectivity index (χ3v) is 12.2. The molecule has 1 atom stereocenters. The predicted molar refractivity (Wildman–Crippen MR) is 221 cm³/mol. The molecule has 4 heterocycles. The van der Waals surface area contributed by atoms with Gasteiger partial charge in [0.15, 0.2) is 0 Å². The fourth-order valence-electron chi connectivity index (χ4n) is 9.03. The molecule has 8 rings (SSSR count). The number of allylic oxidation sites excluding steroid dienone is 1. The molecule has 0 spiro atoms. The third kappa shape index (κ3) is 7.89. The summed E-state index contributed by atoms with van der Waals surface area (Å²) in [5.74, 6) is -0.120. The summed E-state index contributed by atoms with van der Waals surface area (Å²) in [5.41, 5.74) is 10.2. The van der Waals surface area contributed by atoms with Gasteiger partial charge in [-0.15, -0.1) is 0 Å². The van der Waals surface area contributed by atoms with Crippen molar-refractivity contribution in [2.45, 2.75) is 51.6 Å². The Bertz CT molecular complexity index is 2090. The van der Waals surface area contributed by atoms with Crippen molar-refractivity contribution in [1.29, 1.82) is 0 Å². The van der Waals surface area contributed by atoms with E-state index in [1.165, 1.54) is 16.8 Å². The maximum Gasteiger partial charge on any atom is 0.488 e. The standard InChI is InChI=1S/C45H50BN5O5/c1-2-39(32-6-4-3-5-7-32)43(33-8-12-36(13-9-33)46(55)56)34-10-14-37(15-11-34)49-22-20-31(21-23-49)29-48-24-26-50(27-25-48)38-16-17-40-35(28-38)30-51(45(40)54)41-18-19-42(52)47-44(41)53/h3-17,28,31,41,55-56H,2,18-27,29-30H2,1H3,(H,47,52,53)/b43-39-. The molecular formula is C45H50BN5O5. The highest BCUT2D eigenvalue weighted by Crippen LogP contribution is 2.36. The Morgan fingerprint density at radius 2 is 1.38 bits per heavy atom. The second kappa shape index (κ2) is 16.5. The van der Waals surface area contributed by atoms with Crippen molar-refractivity contribution in [3.63, 3.8) is 0 Å². The van der Waals surface area contributed by atoms with E-state index in [0.717, 1.165) is 93.0 Å². The van der Waals surface area contributed by atoms with Crippen molar-refractivity contribution in [3.8, 4) is 0 Å². The zero-order valence-corrected chi connectivity index (χ0v) is 32.1. The molecule has 0 radical (unpaired) electrons. The van der Waals surface area contributed by atoms with Gasteiger partial charge >= 0.3 is 7.12 Å². The summed E-state index contributed by atoms with van der Waals surface area (Å²) >= 11 is 0. The van der Waals surface area contributed by atoms with Crippen molar-refractivity contribution in [2.24, 2.45) is 5.92 Å².